The van der Waals surface area contributed by atoms with Gasteiger partial charge in [-0.25, -0.2) is 13.4 Å². The number of nitrogens with one attached hydrogen (secondary N) is 1. The van der Waals surface area contributed by atoms with Gasteiger partial charge in [-0.2, -0.15) is 0 Å². The lowest BCUT2D eigenvalue weighted by molar-refractivity contribution is -0.115. The number of benzene rings is 1. The number of amides is 1. The van der Waals surface area contributed by atoms with Crippen LogP contribution >= 0.6 is 23.1 Å². The highest BCUT2D eigenvalue weighted by Crippen LogP contribution is 2.32. The number of hydrogen-bond donors (Lipinski definition) is 2. The van der Waals surface area contributed by atoms with Gasteiger partial charge in [-0.15, -0.1) is 11.3 Å². The molecular formula is C20H22N4O4S3. The van der Waals surface area contributed by atoms with Gasteiger partial charge in [0.1, 0.15) is 5.01 Å². The molecule has 164 valence electrons. The van der Waals surface area contributed by atoms with E-state index in [2.05, 4.69) is 15.3 Å². The van der Waals surface area contributed by atoms with E-state index < -0.39 is 16.1 Å². The smallest absolute Gasteiger partial charge is 0.264 e. The number of carbonyl (C=O) groups excluding carboxylic acids is 1. The van der Waals surface area contributed by atoms with Gasteiger partial charge in [-0.05, 0) is 49.2 Å². The predicted molar refractivity (Wildman–Crippen MR) is 126 cm³/mol. The summed E-state index contributed by atoms with van der Waals surface area (Å²) in [6.45, 7) is 0. The van der Waals surface area contributed by atoms with Crippen molar-refractivity contribution in [1.82, 2.24) is 10.3 Å². The van der Waals surface area contributed by atoms with Crippen LogP contribution in [0.5, 0.6) is 0 Å². The van der Waals surface area contributed by atoms with Crippen molar-refractivity contribution >= 4 is 56.0 Å². The van der Waals surface area contributed by atoms with Crippen LogP contribution in [0.3, 0.4) is 0 Å². The quantitative estimate of drug-likeness (QED) is 0.639. The average Bonchev–Trinajstić information content (AvgIpc) is 3.43. The summed E-state index contributed by atoms with van der Waals surface area (Å²) < 4.78 is 24.8. The minimum atomic E-state index is -3.36. The fourth-order valence-corrected chi connectivity index (χ4v) is 5.49. The van der Waals surface area contributed by atoms with Crippen LogP contribution in [0.1, 0.15) is 25.0 Å². The summed E-state index contributed by atoms with van der Waals surface area (Å²) in [6.07, 6.45) is 4.92. The van der Waals surface area contributed by atoms with Crippen molar-refractivity contribution in [3.8, 4) is 10.6 Å². The molecule has 1 aliphatic carbocycles. The van der Waals surface area contributed by atoms with Crippen LogP contribution < -0.4 is 9.62 Å². The minimum absolute atomic E-state index is 0.162. The third-order valence-electron chi connectivity index (χ3n) is 5.13. The molecule has 2 aromatic rings. The number of thioether (sulfide) groups is 1. The third-order valence-corrected chi connectivity index (χ3v) is 8.17. The molecule has 11 heteroatoms. The van der Waals surface area contributed by atoms with Crippen molar-refractivity contribution < 1.29 is 18.3 Å². The zero-order chi connectivity index (χ0) is 22.2. The molecule has 1 aromatic carbocycles. The number of thiazole rings is 1. The summed E-state index contributed by atoms with van der Waals surface area (Å²) in [6, 6.07) is 6.98. The normalized spacial score (nSPS) is 24.2. The van der Waals surface area contributed by atoms with Gasteiger partial charge in [0.05, 0.1) is 34.7 Å². The second-order valence-corrected chi connectivity index (χ2v) is 11.3. The first kappa shape index (κ1) is 22.0. The Labute approximate surface area is 189 Å². The first-order valence-electron chi connectivity index (χ1n) is 9.67. The molecule has 2 fully saturated rings. The zero-order valence-corrected chi connectivity index (χ0v) is 19.4. The van der Waals surface area contributed by atoms with Gasteiger partial charge in [0.15, 0.2) is 5.17 Å². The number of carbonyl (C=O) groups is 1. The van der Waals surface area contributed by atoms with Crippen LogP contribution in [0.25, 0.3) is 16.6 Å². The van der Waals surface area contributed by atoms with E-state index in [1.54, 1.807) is 24.3 Å². The Bertz CT molecular complexity index is 1170. The minimum Gasteiger partial charge on any atom is -0.391 e. The summed E-state index contributed by atoms with van der Waals surface area (Å²) in [5, 5.41) is 15.8. The van der Waals surface area contributed by atoms with Crippen molar-refractivity contribution in [2.75, 3.05) is 17.6 Å². The highest BCUT2D eigenvalue weighted by molar-refractivity contribution is 8.18. The fraction of sp³-hybridized carbons (Fsp3) is 0.350. The number of aliphatic hydroxyl groups excluding tert-OH is 1. The highest BCUT2D eigenvalue weighted by atomic mass is 32.2. The topological polar surface area (TPSA) is 112 Å². The maximum absolute atomic E-state index is 12.3. The first-order valence-corrected chi connectivity index (χ1v) is 13.2. The number of nitrogens with zero attached hydrogens (tertiary/aromatic N) is 3. The molecule has 2 aliphatic rings. The van der Waals surface area contributed by atoms with Crippen molar-refractivity contribution in [2.24, 2.45) is 4.99 Å². The second-order valence-electron chi connectivity index (χ2n) is 7.42. The Hall–Kier alpha value is -2.21. The number of aliphatic imine (C=N–C) groups is 1. The molecule has 1 saturated heterocycles. The van der Waals surface area contributed by atoms with E-state index in [0.717, 1.165) is 36.1 Å². The Balaban J connectivity index is 1.52. The van der Waals surface area contributed by atoms with E-state index in [0.29, 0.717) is 21.5 Å². The molecule has 0 unspecified atom stereocenters. The van der Waals surface area contributed by atoms with Crippen LogP contribution in [0.15, 0.2) is 39.5 Å². The van der Waals surface area contributed by atoms with Gasteiger partial charge in [-0.3, -0.25) is 14.1 Å². The maximum atomic E-state index is 12.3. The molecule has 8 nitrogen and oxygen atoms in total. The molecule has 2 atom stereocenters. The van der Waals surface area contributed by atoms with Crippen molar-refractivity contribution in [3.05, 3.63) is 40.2 Å². The largest absolute Gasteiger partial charge is 0.391 e. The second kappa shape index (κ2) is 8.73. The molecule has 31 heavy (non-hydrogen) atoms. The van der Waals surface area contributed by atoms with Gasteiger partial charge in [0.25, 0.3) is 5.91 Å². The van der Waals surface area contributed by atoms with E-state index in [1.807, 2.05) is 11.4 Å². The molecule has 2 heterocycles. The molecule has 4 rings (SSSR count). The maximum Gasteiger partial charge on any atom is 0.264 e. The molecule has 2 N–H and O–H groups in total. The molecule has 0 spiro atoms. The SMILES string of the molecule is CN(c1cccc(-c2nc(/C=C3/SC(=N[C@@H]4CCC[C@@H]4O)NC3=O)cs2)c1)S(C)(=O)=O. The number of hydrogen-bond acceptors (Lipinski definition) is 8. The van der Waals surface area contributed by atoms with E-state index >= 15 is 0 Å². The van der Waals surface area contributed by atoms with Gasteiger partial charge in [-0.1, -0.05) is 12.1 Å². The Morgan fingerprint density at radius 1 is 1.35 bits per heavy atom. The Morgan fingerprint density at radius 3 is 2.87 bits per heavy atom. The summed E-state index contributed by atoms with van der Waals surface area (Å²) in [5.74, 6) is -0.234. The van der Waals surface area contributed by atoms with Crippen LogP contribution in [0, 0.1) is 0 Å². The molecule has 1 aromatic heterocycles. The summed E-state index contributed by atoms with van der Waals surface area (Å²) >= 11 is 2.66. The molecule has 1 aliphatic heterocycles. The van der Waals surface area contributed by atoms with Crippen LogP contribution in [0.2, 0.25) is 0 Å². The molecule has 1 amide bonds. The Kier molecular flexibility index (Phi) is 6.20. The standard InChI is InChI=1S/C20H22N4O4S3/c1-24(31(2,27)28)14-6-3-5-12(9-14)19-21-13(11-29-19)10-17-18(26)23-20(30-17)22-15-7-4-8-16(15)25/h3,5-6,9-11,15-16,25H,4,7-8H2,1-2H3,(H,22,23,26)/b17-10+/t15-,16+/m1/s1. The summed E-state index contributed by atoms with van der Waals surface area (Å²) in [7, 11) is -1.85. The van der Waals surface area contributed by atoms with Gasteiger partial charge in [0.2, 0.25) is 10.0 Å². The van der Waals surface area contributed by atoms with Gasteiger partial charge in [0, 0.05) is 18.0 Å². The van der Waals surface area contributed by atoms with Crippen molar-refractivity contribution in [3.63, 3.8) is 0 Å². The van der Waals surface area contributed by atoms with Crippen LogP contribution in [0.4, 0.5) is 5.69 Å². The lowest BCUT2D eigenvalue weighted by Crippen LogP contribution is -2.24. The number of aliphatic hydroxyl groups is 1. The lowest BCUT2D eigenvalue weighted by atomic mass is 10.2. The summed E-state index contributed by atoms with van der Waals surface area (Å²) in [5.41, 5.74) is 1.99. The molecule has 0 radical (unpaired) electrons. The zero-order valence-electron chi connectivity index (χ0n) is 17.0. The van der Waals surface area contributed by atoms with Crippen LogP contribution in [-0.4, -0.2) is 55.0 Å². The van der Waals surface area contributed by atoms with Crippen LogP contribution in [-0.2, 0) is 14.8 Å². The molecule has 1 saturated carbocycles. The van der Waals surface area contributed by atoms with E-state index in [-0.39, 0.29) is 11.9 Å². The third kappa shape index (κ3) is 5.00. The molecular weight excluding hydrogens is 456 g/mol. The number of rotatable bonds is 5. The number of anilines is 1. The lowest BCUT2D eigenvalue weighted by Gasteiger charge is -2.16. The average molecular weight is 479 g/mol. The fourth-order valence-electron chi connectivity index (χ4n) is 3.36. The summed E-state index contributed by atoms with van der Waals surface area (Å²) in [4.78, 5) is 21.9. The van der Waals surface area contributed by atoms with Gasteiger partial charge >= 0.3 is 0 Å². The number of sulfonamides is 1. The van der Waals surface area contributed by atoms with Crippen molar-refractivity contribution in [1.29, 1.82) is 0 Å². The predicted octanol–water partition coefficient (Wildman–Crippen LogP) is 2.68. The Morgan fingerprint density at radius 2 is 2.16 bits per heavy atom. The van der Waals surface area contributed by atoms with E-state index in [9.17, 15) is 18.3 Å². The monoisotopic (exact) mass is 478 g/mol. The number of aromatic nitrogens is 1. The van der Waals surface area contributed by atoms with E-state index in [1.165, 1.54) is 34.5 Å². The highest BCUT2D eigenvalue weighted by Gasteiger charge is 2.29. The molecule has 0 bridgehead atoms. The first-order chi connectivity index (χ1) is 14.7. The van der Waals surface area contributed by atoms with E-state index in [4.69, 9.17) is 0 Å². The van der Waals surface area contributed by atoms with Crippen molar-refractivity contribution in [2.45, 2.75) is 31.4 Å². The number of amidine groups is 1. The van der Waals surface area contributed by atoms with Gasteiger partial charge < -0.3 is 10.4 Å².